The fourth-order valence-corrected chi connectivity index (χ4v) is 2.60. The fraction of sp³-hybridized carbons (Fsp3) is 0. The maximum absolute atomic E-state index is 11.9. The number of carboxylic acids is 1. The van der Waals surface area contributed by atoms with E-state index in [0.717, 1.165) is 11.3 Å². The van der Waals surface area contributed by atoms with Crippen LogP contribution in [0.15, 0.2) is 34.7 Å². The molecule has 19 heavy (non-hydrogen) atoms. The average molecular weight is 273 g/mol. The molecule has 6 nitrogen and oxygen atoms in total. The van der Waals surface area contributed by atoms with Crippen molar-refractivity contribution >= 4 is 27.5 Å². The molecule has 0 amide bonds. The molecule has 94 valence electrons. The van der Waals surface area contributed by atoms with Gasteiger partial charge in [-0.05, 0) is 12.1 Å². The largest absolute Gasteiger partial charge is 0.478 e. The number of aromatic nitrogens is 3. The van der Waals surface area contributed by atoms with Gasteiger partial charge in [-0.25, -0.2) is 9.78 Å². The van der Waals surface area contributed by atoms with E-state index < -0.39 is 5.97 Å². The van der Waals surface area contributed by atoms with E-state index in [-0.39, 0.29) is 16.6 Å². The van der Waals surface area contributed by atoms with Crippen LogP contribution in [0.5, 0.6) is 0 Å². The first-order chi connectivity index (χ1) is 9.16. The second-order valence-electron chi connectivity index (χ2n) is 3.78. The molecule has 3 rings (SSSR count). The molecule has 0 bridgehead atoms. The number of carbonyl (C=O) groups is 1. The van der Waals surface area contributed by atoms with Crippen LogP contribution < -0.4 is 5.56 Å². The van der Waals surface area contributed by atoms with Gasteiger partial charge in [0.15, 0.2) is 0 Å². The first kappa shape index (κ1) is 11.5. The summed E-state index contributed by atoms with van der Waals surface area (Å²) in [4.78, 5) is 33.7. The Bertz CT molecular complexity index is 823. The lowest BCUT2D eigenvalue weighted by atomic mass is 10.2. The fourth-order valence-electron chi connectivity index (χ4n) is 1.73. The van der Waals surface area contributed by atoms with Gasteiger partial charge in [-0.3, -0.25) is 9.78 Å². The Morgan fingerprint density at radius 3 is 2.74 bits per heavy atom. The third kappa shape index (κ3) is 1.89. The molecule has 0 radical (unpaired) electrons. The van der Waals surface area contributed by atoms with Crippen molar-refractivity contribution in [2.24, 2.45) is 0 Å². The molecule has 0 unspecified atom stereocenters. The number of H-pyrrole nitrogens is 1. The molecule has 0 saturated carbocycles. The van der Waals surface area contributed by atoms with Crippen LogP contribution >= 0.6 is 11.3 Å². The lowest BCUT2D eigenvalue weighted by Gasteiger charge is -2.00. The number of aromatic carboxylic acids is 1. The van der Waals surface area contributed by atoms with Gasteiger partial charge < -0.3 is 10.1 Å². The van der Waals surface area contributed by atoms with Gasteiger partial charge in [0.25, 0.3) is 5.56 Å². The maximum Gasteiger partial charge on any atom is 0.338 e. The minimum Gasteiger partial charge on any atom is -0.478 e. The summed E-state index contributed by atoms with van der Waals surface area (Å²) in [5.74, 6) is -0.758. The molecule has 0 aliphatic heterocycles. The van der Waals surface area contributed by atoms with Crippen LogP contribution in [0.4, 0.5) is 0 Å². The highest BCUT2D eigenvalue weighted by Gasteiger charge is 2.16. The summed E-state index contributed by atoms with van der Waals surface area (Å²) < 4.78 is 0.315. The van der Waals surface area contributed by atoms with Gasteiger partial charge in [0.05, 0.1) is 5.56 Å². The number of hydrogen-bond donors (Lipinski definition) is 2. The summed E-state index contributed by atoms with van der Waals surface area (Å²) >= 11 is 1.07. The van der Waals surface area contributed by atoms with Gasteiger partial charge >= 0.3 is 5.97 Å². The van der Waals surface area contributed by atoms with Crippen LogP contribution in [0.25, 0.3) is 21.6 Å². The predicted molar refractivity (Wildman–Crippen MR) is 70.4 cm³/mol. The highest BCUT2D eigenvalue weighted by Crippen LogP contribution is 2.23. The standard InChI is InChI=1S/C12H7N3O3S/c16-11-9-8(7(5-19-9)12(17)18)14-10(15-11)6-1-3-13-4-2-6/h1-5H,(H,17,18)(H,14,15,16). The Kier molecular flexibility index (Phi) is 2.60. The maximum atomic E-state index is 11.9. The molecule has 0 spiro atoms. The number of carboxylic acid groups (broad SMARTS) is 1. The smallest absolute Gasteiger partial charge is 0.338 e. The number of nitrogens with one attached hydrogen (secondary N) is 1. The van der Waals surface area contributed by atoms with Crippen molar-refractivity contribution in [2.75, 3.05) is 0 Å². The van der Waals surface area contributed by atoms with Crippen molar-refractivity contribution in [1.29, 1.82) is 0 Å². The highest BCUT2D eigenvalue weighted by atomic mass is 32.1. The molecule has 0 aliphatic rings. The second kappa shape index (κ2) is 4.29. The van der Waals surface area contributed by atoms with Crippen LogP contribution in [0, 0.1) is 0 Å². The molecular formula is C12H7N3O3S. The van der Waals surface area contributed by atoms with E-state index in [1.54, 1.807) is 24.5 Å². The number of nitrogens with zero attached hydrogens (tertiary/aromatic N) is 2. The van der Waals surface area contributed by atoms with Gasteiger partial charge in [-0.15, -0.1) is 11.3 Å². The first-order valence-electron chi connectivity index (χ1n) is 5.32. The van der Waals surface area contributed by atoms with Crippen LogP contribution in [-0.4, -0.2) is 26.0 Å². The van der Waals surface area contributed by atoms with Crippen LogP contribution in [0.3, 0.4) is 0 Å². The minimum atomic E-state index is -1.09. The molecule has 0 fully saturated rings. The molecule has 3 heterocycles. The van der Waals surface area contributed by atoms with E-state index in [4.69, 9.17) is 5.11 Å². The molecule has 7 heteroatoms. The third-order valence-electron chi connectivity index (χ3n) is 2.61. The highest BCUT2D eigenvalue weighted by molar-refractivity contribution is 7.17. The van der Waals surface area contributed by atoms with Gasteiger partial charge in [-0.1, -0.05) is 0 Å². The van der Waals surface area contributed by atoms with Crippen molar-refractivity contribution in [2.45, 2.75) is 0 Å². The topological polar surface area (TPSA) is 95.9 Å². The summed E-state index contributed by atoms with van der Waals surface area (Å²) in [6.45, 7) is 0. The summed E-state index contributed by atoms with van der Waals surface area (Å²) in [6.07, 6.45) is 3.15. The van der Waals surface area contributed by atoms with Crippen LogP contribution in [0.1, 0.15) is 10.4 Å². The SMILES string of the molecule is O=C(O)c1csc2c(=O)[nH]c(-c3ccncc3)nc12. The first-order valence-corrected chi connectivity index (χ1v) is 6.20. The lowest BCUT2D eigenvalue weighted by Crippen LogP contribution is -2.09. The molecular weight excluding hydrogens is 266 g/mol. The summed E-state index contributed by atoms with van der Waals surface area (Å²) in [7, 11) is 0. The summed E-state index contributed by atoms with van der Waals surface area (Å²) in [5.41, 5.74) is 0.598. The van der Waals surface area contributed by atoms with E-state index in [2.05, 4.69) is 15.0 Å². The van der Waals surface area contributed by atoms with E-state index in [9.17, 15) is 9.59 Å². The van der Waals surface area contributed by atoms with Gasteiger partial charge in [0.1, 0.15) is 16.0 Å². The summed E-state index contributed by atoms with van der Waals surface area (Å²) in [6, 6.07) is 3.38. The molecule has 2 N–H and O–H groups in total. The zero-order chi connectivity index (χ0) is 13.4. The third-order valence-corrected chi connectivity index (χ3v) is 3.58. The number of pyridine rings is 1. The van der Waals surface area contributed by atoms with Gasteiger partial charge in [0.2, 0.25) is 0 Å². The molecule has 0 aromatic carbocycles. The Labute approximate surface area is 110 Å². The van der Waals surface area contributed by atoms with Crippen LogP contribution in [0.2, 0.25) is 0 Å². The number of thiophene rings is 1. The number of rotatable bonds is 2. The predicted octanol–water partition coefficient (Wildman–Crippen LogP) is 1.74. The average Bonchev–Trinajstić information content (AvgIpc) is 2.84. The van der Waals surface area contributed by atoms with E-state index >= 15 is 0 Å². The Balaban J connectivity index is 2.32. The summed E-state index contributed by atoms with van der Waals surface area (Å²) in [5, 5.41) is 10.5. The Morgan fingerprint density at radius 2 is 2.05 bits per heavy atom. The van der Waals surface area contributed by atoms with Gasteiger partial charge in [0, 0.05) is 23.3 Å². The number of fused-ring (bicyclic) bond motifs is 1. The lowest BCUT2D eigenvalue weighted by molar-refractivity contribution is 0.0699. The van der Waals surface area contributed by atoms with Gasteiger partial charge in [-0.2, -0.15) is 0 Å². The second-order valence-corrected chi connectivity index (χ2v) is 4.66. The molecule has 0 atom stereocenters. The molecule has 0 aliphatic carbocycles. The van der Waals surface area contributed by atoms with Crippen molar-refractivity contribution in [3.63, 3.8) is 0 Å². The van der Waals surface area contributed by atoms with Crippen molar-refractivity contribution in [3.8, 4) is 11.4 Å². The monoisotopic (exact) mass is 273 g/mol. The zero-order valence-corrected chi connectivity index (χ0v) is 10.3. The molecule has 3 aromatic rings. The Morgan fingerprint density at radius 1 is 1.32 bits per heavy atom. The van der Waals surface area contributed by atoms with E-state index in [0.29, 0.717) is 16.1 Å². The number of hydrogen-bond acceptors (Lipinski definition) is 5. The quantitative estimate of drug-likeness (QED) is 0.741. The molecule has 0 saturated heterocycles. The normalized spacial score (nSPS) is 10.7. The Hall–Kier alpha value is -2.54. The van der Waals surface area contributed by atoms with Crippen molar-refractivity contribution in [3.05, 3.63) is 45.8 Å². The zero-order valence-electron chi connectivity index (χ0n) is 9.45. The van der Waals surface area contributed by atoms with Crippen molar-refractivity contribution < 1.29 is 9.90 Å². The minimum absolute atomic E-state index is 0.0430. The van der Waals surface area contributed by atoms with E-state index in [1.165, 1.54) is 5.38 Å². The molecule has 3 aromatic heterocycles. The van der Waals surface area contributed by atoms with Crippen molar-refractivity contribution in [1.82, 2.24) is 15.0 Å². The number of aromatic amines is 1. The van der Waals surface area contributed by atoms with E-state index in [1.807, 2.05) is 0 Å². The van der Waals surface area contributed by atoms with Crippen LogP contribution in [-0.2, 0) is 0 Å².